The molecular formula is C24H24FNO4S. The van der Waals surface area contributed by atoms with Crippen LogP contribution in [-0.2, 0) is 34.3 Å². The van der Waals surface area contributed by atoms with Gasteiger partial charge in [-0.05, 0) is 47.4 Å². The number of para-hydroxylation sites is 1. The lowest BCUT2D eigenvalue weighted by molar-refractivity contribution is 0.0671. The summed E-state index contributed by atoms with van der Waals surface area (Å²) in [5, 5.41) is 0. The molecule has 3 aromatic rings. The Hall–Kier alpha value is -2.74. The third-order valence-electron chi connectivity index (χ3n) is 5.44. The maximum absolute atomic E-state index is 13.8. The normalized spacial score (nSPS) is 17.4. The zero-order valence-corrected chi connectivity index (χ0v) is 18.0. The molecule has 31 heavy (non-hydrogen) atoms. The fourth-order valence-electron chi connectivity index (χ4n) is 3.85. The Morgan fingerprint density at radius 1 is 1.03 bits per heavy atom. The summed E-state index contributed by atoms with van der Waals surface area (Å²) in [5.74, 6) is -0.0915. The highest BCUT2D eigenvalue weighted by Gasteiger charge is 2.35. The molecule has 0 fully saturated rings. The number of sulfonamides is 1. The zero-order chi connectivity index (χ0) is 21.8. The van der Waals surface area contributed by atoms with Crippen LogP contribution in [0.15, 0.2) is 77.7 Å². The molecule has 7 heteroatoms. The van der Waals surface area contributed by atoms with E-state index in [1.54, 1.807) is 30.3 Å². The Balaban J connectivity index is 1.79. The monoisotopic (exact) mass is 441 g/mol. The molecule has 1 aliphatic heterocycles. The van der Waals surface area contributed by atoms with Crippen molar-refractivity contribution < 1.29 is 22.3 Å². The second-order valence-electron chi connectivity index (χ2n) is 7.47. The van der Waals surface area contributed by atoms with Crippen molar-refractivity contribution in [2.45, 2.75) is 30.5 Å². The quantitative estimate of drug-likeness (QED) is 0.597. The maximum Gasteiger partial charge on any atom is 0.247 e. The van der Waals surface area contributed by atoms with Gasteiger partial charge < -0.3 is 9.47 Å². The first-order chi connectivity index (χ1) is 15.0. The number of rotatable bonds is 5. The van der Waals surface area contributed by atoms with Crippen molar-refractivity contribution in [2.24, 2.45) is 0 Å². The van der Waals surface area contributed by atoms with Gasteiger partial charge in [0.1, 0.15) is 16.5 Å². The van der Waals surface area contributed by atoms with E-state index in [-0.39, 0.29) is 36.2 Å². The van der Waals surface area contributed by atoms with E-state index in [4.69, 9.17) is 9.47 Å². The Kier molecular flexibility index (Phi) is 6.36. The molecule has 0 saturated heterocycles. The largest absolute Gasteiger partial charge is 0.495 e. The van der Waals surface area contributed by atoms with E-state index in [1.165, 1.54) is 23.5 Å². The van der Waals surface area contributed by atoms with Gasteiger partial charge in [0.05, 0.1) is 26.4 Å². The second kappa shape index (κ2) is 9.18. The molecular weight excluding hydrogens is 417 g/mol. The van der Waals surface area contributed by atoms with Gasteiger partial charge in [-0.1, -0.05) is 48.5 Å². The van der Waals surface area contributed by atoms with Crippen molar-refractivity contribution in [3.63, 3.8) is 0 Å². The summed E-state index contributed by atoms with van der Waals surface area (Å²) in [6.45, 7) is 0.553. The predicted molar refractivity (Wildman–Crippen MR) is 116 cm³/mol. The molecule has 1 atom stereocenters. The van der Waals surface area contributed by atoms with Gasteiger partial charge in [0, 0.05) is 6.54 Å². The van der Waals surface area contributed by atoms with Gasteiger partial charge in [0.25, 0.3) is 0 Å². The molecule has 3 aromatic carbocycles. The number of fused-ring (bicyclic) bond motifs is 1. The van der Waals surface area contributed by atoms with Crippen LogP contribution in [0.4, 0.5) is 4.39 Å². The maximum atomic E-state index is 13.8. The van der Waals surface area contributed by atoms with Gasteiger partial charge >= 0.3 is 0 Å². The van der Waals surface area contributed by atoms with Crippen LogP contribution in [0, 0.1) is 5.82 Å². The first-order valence-electron chi connectivity index (χ1n) is 10.0. The minimum Gasteiger partial charge on any atom is -0.495 e. The highest BCUT2D eigenvalue weighted by molar-refractivity contribution is 7.89. The average molecular weight is 442 g/mol. The summed E-state index contributed by atoms with van der Waals surface area (Å²) in [4.78, 5) is 0.0970. The van der Waals surface area contributed by atoms with Crippen molar-refractivity contribution >= 4 is 10.0 Å². The number of halogens is 1. The molecule has 1 unspecified atom stereocenters. The molecule has 0 radical (unpaired) electrons. The molecule has 0 bridgehead atoms. The lowest BCUT2D eigenvalue weighted by Crippen LogP contribution is -2.45. The minimum absolute atomic E-state index is 0.0970. The average Bonchev–Trinajstić information content (AvgIpc) is 2.77. The van der Waals surface area contributed by atoms with Gasteiger partial charge in [-0.2, -0.15) is 4.31 Å². The molecule has 0 aromatic heterocycles. The fraction of sp³-hybridized carbons (Fsp3) is 0.250. The van der Waals surface area contributed by atoms with E-state index in [0.29, 0.717) is 12.0 Å². The van der Waals surface area contributed by atoms with Crippen molar-refractivity contribution in [3.8, 4) is 5.75 Å². The molecule has 1 heterocycles. The van der Waals surface area contributed by atoms with Crippen molar-refractivity contribution in [1.82, 2.24) is 4.31 Å². The van der Waals surface area contributed by atoms with Crippen LogP contribution < -0.4 is 4.74 Å². The Bertz CT molecular complexity index is 1150. The van der Waals surface area contributed by atoms with E-state index >= 15 is 0 Å². The molecule has 5 nitrogen and oxygen atoms in total. The van der Waals surface area contributed by atoms with Crippen LogP contribution in [-0.4, -0.2) is 32.5 Å². The topological polar surface area (TPSA) is 55.8 Å². The summed E-state index contributed by atoms with van der Waals surface area (Å²) < 4.78 is 54.1. The predicted octanol–water partition coefficient (Wildman–Crippen LogP) is 4.17. The number of ether oxygens (including phenoxy) is 2. The van der Waals surface area contributed by atoms with Crippen LogP contribution in [0.25, 0.3) is 0 Å². The van der Waals surface area contributed by atoms with Gasteiger partial charge in [0.2, 0.25) is 10.0 Å². The molecule has 0 amide bonds. The highest BCUT2D eigenvalue weighted by Crippen LogP contribution is 2.31. The third-order valence-corrected chi connectivity index (χ3v) is 7.38. The molecule has 0 aliphatic carbocycles. The Morgan fingerprint density at radius 2 is 1.77 bits per heavy atom. The first-order valence-corrected chi connectivity index (χ1v) is 11.5. The summed E-state index contributed by atoms with van der Waals surface area (Å²) in [7, 11) is -2.48. The van der Waals surface area contributed by atoms with Gasteiger partial charge in [-0.3, -0.25) is 0 Å². The number of methoxy groups -OCH3 is 1. The molecule has 0 saturated carbocycles. The standard InChI is InChI=1S/C24H24FNO4S/c1-29-23-9-5-6-10-24(23)31(27,28)26-15-19-11-12-21(25)14-20(19)16-30-17-22(26)13-18-7-3-2-4-8-18/h2-12,14,22H,13,15-17H2,1H3. The zero-order valence-electron chi connectivity index (χ0n) is 17.2. The van der Waals surface area contributed by atoms with E-state index < -0.39 is 16.1 Å². The van der Waals surface area contributed by atoms with Crippen LogP contribution >= 0.6 is 0 Å². The SMILES string of the molecule is COc1ccccc1S(=O)(=O)N1Cc2ccc(F)cc2COCC1Cc1ccccc1. The van der Waals surface area contributed by atoms with Gasteiger partial charge in [-0.15, -0.1) is 0 Å². The molecule has 1 aliphatic rings. The Morgan fingerprint density at radius 3 is 2.55 bits per heavy atom. The van der Waals surface area contributed by atoms with E-state index in [1.807, 2.05) is 30.3 Å². The Labute approximate surface area is 182 Å². The number of benzene rings is 3. The second-order valence-corrected chi connectivity index (χ2v) is 9.33. The smallest absolute Gasteiger partial charge is 0.247 e. The molecule has 4 rings (SSSR count). The summed E-state index contributed by atoms with van der Waals surface area (Å²) in [6, 6.07) is 20.2. The lowest BCUT2D eigenvalue weighted by atomic mass is 10.0. The van der Waals surface area contributed by atoms with Crippen LogP contribution in [0.2, 0.25) is 0 Å². The van der Waals surface area contributed by atoms with E-state index in [9.17, 15) is 12.8 Å². The minimum atomic E-state index is -3.93. The van der Waals surface area contributed by atoms with Gasteiger partial charge in [0.15, 0.2) is 0 Å². The lowest BCUT2D eigenvalue weighted by Gasteiger charge is -2.34. The van der Waals surface area contributed by atoms with E-state index in [2.05, 4.69) is 0 Å². The number of hydrogen-bond donors (Lipinski definition) is 0. The molecule has 162 valence electrons. The molecule has 0 N–H and O–H groups in total. The third kappa shape index (κ3) is 4.63. The summed E-state index contributed by atoms with van der Waals surface area (Å²) in [6.07, 6.45) is 0.492. The van der Waals surface area contributed by atoms with Crippen molar-refractivity contribution in [3.05, 3.63) is 95.3 Å². The van der Waals surface area contributed by atoms with Crippen LogP contribution in [0.1, 0.15) is 16.7 Å². The van der Waals surface area contributed by atoms with Crippen molar-refractivity contribution in [1.29, 1.82) is 0 Å². The fourth-order valence-corrected chi connectivity index (χ4v) is 5.60. The number of nitrogens with zero attached hydrogens (tertiary/aromatic N) is 1. The summed E-state index contributed by atoms with van der Waals surface area (Å²) in [5.41, 5.74) is 2.38. The van der Waals surface area contributed by atoms with Crippen LogP contribution in [0.3, 0.4) is 0 Å². The van der Waals surface area contributed by atoms with E-state index in [0.717, 1.165) is 11.1 Å². The van der Waals surface area contributed by atoms with Gasteiger partial charge in [-0.25, -0.2) is 12.8 Å². The summed E-state index contributed by atoms with van der Waals surface area (Å²) >= 11 is 0. The number of hydrogen-bond acceptors (Lipinski definition) is 4. The highest BCUT2D eigenvalue weighted by atomic mass is 32.2. The van der Waals surface area contributed by atoms with Crippen LogP contribution in [0.5, 0.6) is 5.75 Å². The van der Waals surface area contributed by atoms with Crippen molar-refractivity contribution in [2.75, 3.05) is 13.7 Å². The molecule has 0 spiro atoms. The first kappa shape index (κ1) is 21.5.